The zero-order valence-electron chi connectivity index (χ0n) is 7.83. The van der Waals surface area contributed by atoms with Crippen molar-refractivity contribution in [1.29, 1.82) is 0 Å². The maximum atomic E-state index is 11.3. The number of carbonyl (C=O) groups excluding carboxylic acids is 1. The lowest BCUT2D eigenvalue weighted by Gasteiger charge is -2.32. The summed E-state index contributed by atoms with van der Waals surface area (Å²) in [5, 5.41) is 2.83. The molecule has 2 aliphatic rings. The second kappa shape index (κ2) is 3.54. The van der Waals surface area contributed by atoms with Crippen LogP contribution in [0.3, 0.4) is 0 Å². The molecule has 2 amide bonds. The molecule has 2 rings (SSSR count). The minimum atomic E-state index is 0.112. The number of nitrogens with two attached hydrogens (primary N) is 1. The van der Waals surface area contributed by atoms with Gasteiger partial charge in [-0.1, -0.05) is 0 Å². The zero-order valence-corrected chi connectivity index (χ0v) is 7.83. The minimum Gasteiger partial charge on any atom is -0.336 e. The van der Waals surface area contributed by atoms with Crippen molar-refractivity contribution in [3.8, 4) is 0 Å². The molecule has 1 aliphatic carbocycles. The van der Waals surface area contributed by atoms with Crippen LogP contribution in [-0.4, -0.2) is 36.1 Å². The highest BCUT2D eigenvalue weighted by molar-refractivity contribution is 5.76. The van der Waals surface area contributed by atoms with Crippen LogP contribution in [0.4, 0.5) is 4.79 Å². The van der Waals surface area contributed by atoms with Gasteiger partial charge in [0.15, 0.2) is 0 Å². The van der Waals surface area contributed by atoms with Gasteiger partial charge in [-0.25, -0.2) is 4.79 Å². The van der Waals surface area contributed by atoms with E-state index >= 15 is 0 Å². The van der Waals surface area contributed by atoms with E-state index in [1.165, 1.54) is 0 Å². The van der Waals surface area contributed by atoms with Crippen molar-refractivity contribution in [3.63, 3.8) is 0 Å². The van der Waals surface area contributed by atoms with E-state index in [9.17, 15) is 4.79 Å². The number of hydrogen-bond acceptors (Lipinski definition) is 2. The molecule has 3 N–H and O–H groups in total. The molecule has 0 aromatic heterocycles. The molecule has 0 bridgehead atoms. The molecule has 74 valence electrons. The van der Waals surface area contributed by atoms with E-state index in [0.29, 0.717) is 12.1 Å². The van der Waals surface area contributed by atoms with Gasteiger partial charge in [-0.2, -0.15) is 0 Å². The Morgan fingerprint density at radius 3 is 2.54 bits per heavy atom. The summed E-state index contributed by atoms with van der Waals surface area (Å²) in [6.45, 7) is 1.68. The third kappa shape index (κ3) is 1.77. The Labute approximate surface area is 78.5 Å². The Hall–Kier alpha value is -0.770. The summed E-state index contributed by atoms with van der Waals surface area (Å²) in [6, 6.07) is 0.921. The molecule has 1 heterocycles. The molecule has 4 heteroatoms. The fourth-order valence-corrected chi connectivity index (χ4v) is 2.25. The first kappa shape index (κ1) is 8.81. The summed E-state index contributed by atoms with van der Waals surface area (Å²) in [4.78, 5) is 13.3. The van der Waals surface area contributed by atoms with Crippen LogP contribution < -0.4 is 11.1 Å². The van der Waals surface area contributed by atoms with Crippen LogP contribution in [0.5, 0.6) is 0 Å². The van der Waals surface area contributed by atoms with Gasteiger partial charge in [-0.15, -0.1) is 0 Å². The lowest BCUT2D eigenvalue weighted by molar-refractivity contribution is 0.175. The minimum absolute atomic E-state index is 0.112. The molecule has 0 unspecified atom stereocenters. The van der Waals surface area contributed by atoms with Crippen molar-refractivity contribution in [2.75, 3.05) is 13.1 Å². The maximum absolute atomic E-state index is 11.3. The summed E-state index contributed by atoms with van der Waals surface area (Å²) >= 11 is 0. The molecule has 0 aromatic carbocycles. The Balaban J connectivity index is 1.90. The van der Waals surface area contributed by atoms with E-state index in [-0.39, 0.29) is 6.03 Å². The van der Waals surface area contributed by atoms with E-state index in [1.807, 2.05) is 4.90 Å². The van der Waals surface area contributed by atoms with Gasteiger partial charge in [0.1, 0.15) is 0 Å². The second-order valence-electron chi connectivity index (χ2n) is 3.99. The van der Waals surface area contributed by atoms with Gasteiger partial charge in [0.05, 0.1) is 0 Å². The van der Waals surface area contributed by atoms with E-state index in [1.54, 1.807) is 0 Å². The smallest absolute Gasteiger partial charge is 0.317 e. The van der Waals surface area contributed by atoms with Crippen molar-refractivity contribution in [2.45, 2.75) is 37.8 Å². The van der Waals surface area contributed by atoms with Crippen molar-refractivity contribution in [3.05, 3.63) is 0 Å². The summed E-state index contributed by atoms with van der Waals surface area (Å²) < 4.78 is 0. The van der Waals surface area contributed by atoms with Crippen LogP contribution in [0.15, 0.2) is 0 Å². The predicted octanol–water partition coefficient (Wildman–Crippen LogP) is 0.281. The highest BCUT2D eigenvalue weighted by Gasteiger charge is 2.30. The number of carbonyl (C=O) groups is 1. The number of urea groups is 1. The van der Waals surface area contributed by atoms with Gasteiger partial charge >= 0.3 is 6.03 Å². The van der Waals surface area contributed by atoms with Gasteiger partial charge in [0, 0.05) is 25.2 Å². The molecule has 0 aromatic rings. The normalized spacial score (nSPS) is 34.8. The number of hydrogen-bond donors (Lipinski definition) is 2. The van der Waals surface area contributed by atoms with Gasteiger partial charge < -0.3 is 16.0 Å². The molecule has 1 aliphatic heterocycles. The highest BCUT2D eigenvalue weighted by atomic mass is 16.2. The molecule has 13 heavy (non-hydrogen) atoms. The van der Waals surface area contributed by atoms with E-state index in [2.05, 4.69) is 5.32 Å². The SMILES string of the molecule is N[C@H]1CC[C@H](N2CCNC2=O)CC1. The van der Waals surface area contributed by atoms with Crippen molar-refractivity contribution >= 4 is 6.03 Å². The van der Waals surface area contributed by atoms with E-state index in [4.69, 9.17) is 5.73 Å². The summed E-state index contributed by atoms with van der Waals surface area (Å²) in [5.74, 6) is 0. The monoisotopic (exact) mass is 183 g/mol. The van der Waals surface area contributed by atoms with Gasteiger partial charge in [0.25, 0.3) is 0 Å². The molecule has 1 saturated carbocycles. The van der Waals surface area contributed by atoms with E-state index < -0.39 is 0 Å². The van der Waals surface area contributed by atoms with Crippen LogP contribution in [0.2, 0.25) is 0 Å². The number of rotatable bonds is 1. The molecule has 0 radical (unpaired) electrons. The number of amides is 2. The molecule has 1 saturated heterocycles. The first-order valence-electron chi connectivity index (χ1n) is 5.07. The molecular weight excluding hydrogens is 166 g/mol. The van der Waals surface area contributed by atoms with Crippen LogP contribution in [0, 0.1) is 0 Å². The van der Waals surface area contributed by atoms with Crippen molar-refractivity contribution in [1.82, 2.24) is 10.2 Å². The fraction of sp³-hybridized carbons (Fsp3) is 0.889. The summed E-state index contributed by atoms with van der Waals surface area (Å²) in [5.41, 5.74) is 5.81. The number of nitrogens with one attached hydrogen (secondary N) is 1. The second-order valence-corrected chi connectivity index (χ2v) is 3.99. The molecule has 0 atom stereocenters. The third-order valence-corrected chi connectivity index (χ3v) is 3.07. The topological polar surface area (TPSA) is 58.4 Å². The summed E-state index contributed by atoms with van der Waals surface area (Å²) in [6.07, 6.45) is 4.28. The largest absolute Gasteiger partial charge is 0.336 e. The lowest BCUT2D eigenvalue weighted by Crippen LogP contribution is -2.42. The van der Waals surface area contributed by atoms with Crippen LogP contribution in [0.1, 0.15) is 25.7 Å². The summed E-state index contributed by atoms with van der Waals surface area (Å²) in [7, 11) is 0. The standard InChI is InChI=1S/C9H17N3O/c10-7-1-3-8(4-2-7)12-6-5-11-9(12)13/h7-8H,1-6,10H2,(H,11,13)/t7-,8-. The lowest BCUT2D eigenvalue weighted by atomic mass is 9.91. The first-order valence-corrected chi connectivity index (χ1v) is 5.07. The van der Waals surface area contributed by atoms with Crippen LogP contribution in [-0.2, 0) is 0 Å². The highest BCUT2D eigenvalue weighted by Crippen LogP contribution is 2.22. The molecule has 0 spiro atoms. The van der Waals surface area contributed by atoms with Gasteiger partial charge in [0.2, 0.25) is 0 Å². The zero-order chi connectivity index (χ0) is 9.26. The van der Waals surface area contributed by atoms with Gasteiger partial charge in [-0.05, 0) is 25.7 Å². The third-order valence-electron chi connectivity index (χ3n) is 3.07. The Bertz CT molecular complexity index is 199. The first-order chi connectivity index (χ1) is 6.27. The molecule has 4 nitrogen and oxygen atoms in total. The van der Waals surface area contributed by atoms with Crippen LogP contribution >= 0.6 is 0 Å². The average Bonchev–Trinajstić information content (AvgIpc) is 2.53. The maximum Gasteiger partial charge on any atom is 0.317 e. The number of nitrogens with zero attached hydrogens (tertiary/aromatic N) is 1. The van der Waals surface area contributed by atoms with Crippen LogP contribution in [0.25, 0.3) is 0 Å². The fourth-order valence-electron chi connectivity index (χ4n) is 2.25. The Morgan fingerprint density at radius 1 is 1.31 bits per heavy atom. The average molecular weight is 183 g/mol. The Morgan fingerprint density at radius 2 is 2.00 bits per heavy atom. The molecule has 2 fully saturated rings. The van der Waals surface area contributed by atoms with Crippen molar-refractivity contribution < 1.29 is 4.79 Å². The quantitative estimate of drug-likeness (QED) is 0.613. The molecular formula is C9H17N3O. The van der Waals surface area contributed by atoms with E-state index in [0.717, 1.165) is 38.8 Å². The van der Waals surface area contributed by atoms with Crippen molar-refractivity contribution in [2.24, 2.45) is 5.73 Å². The Kier molecular flexibility index (Phi) is 2.40. The predicted molar refractivity (Wildman–Crippen MR) is 50.3 cm³/mol. The van der Waals surface area contributed by atoms with Gasteiger partial charge in [-0.3, -0.25) is 0 Å².